The first kappa shape index (κ1) is 14.0. The van der Waals surface area contributed by atoms with Crippen molar-refractivity contribution < 1.29 is 19.4 Å². The van der Waals surface area contributed by atoms with Crippen LogP contribution in [0.3, 0.4) is 0 Å². The number of nitrogens with zero attached hydrogens (tertiary/aromatic N) is 1. The van der Waals surface area contributed by atoms with Gasteiger partial charge in [-0.2, -0.15) is 0 Å². The molecule has 0 aliphatic carbocycles. The number of carbonyl (C=O) groups excluding carboxylic acids is 1. The smallest absolute Gasteiger partial charge is 0.347 e. The van der Waals surface area contributed by atoms with Crippen LogP contribution in [0.5, 0.6) is 0 Å². The SMILES string of the molecule is COC(=O)c1cccc(Nc2nc(C)c(C(=O)O)s2)c1. The highest BCUT2D eigenvalue weighted by molar-refractivity contribution is 7.17. The van der Waals surface area contributed by atoms with Crippen LogP contribution in [0.25, 0.3) is 0 Å². The van der Waals surface area contributed by atoms with Gasteiger partial charge in [0.1, 0.15) is 4.88 Å². The fourth-order valence-electron chi connectivity index (χ4n) is 1.61. The summed E-state index contributed by atoms with van der Waals surface area (Å²) in [6.07, 6.45) is 0. The van der Waals surface area contributed by atoms with Gasteiger partial charge >= 0.3 is 11.9 Å². The summed E-state index contributed by atoms with van der Waals surface area (Å²) in [6.45, 7) is 1.63. The van der Waals surface area contributed by atoms with E-state index >= 15 is 0 Å². The average Bonchev–Trinajstić information content (AvgIpc) is 2.79. The van der Waals surface area contributed by atoms with Crippen LogP contribution in [0.1, 0.15) is 25.7 Å². The second-order valence-corrected chi connectivity index (χ2v) is 4.94. The van der Waals surface area contributed by atoms with Gasteiger partial charge in [-0.25, -0.2) is 14.6 Å². The number of nitrogens with one attached hydrogen (secondary N) is 1. The highest BCUT2D eigenvalue weighted by Gasteiger charge is 2.14. The van der Waals surface area contributed by atoms with E-state index in [4.69, 9.17) is 5.11 Å². The van der Waals surface area contributed by atoms with Crippen molar-refractivity contribution in [3.63, 3.8) is 0 Å². The predicted octanol–water partition coefficient (Wildman–Crippen LogP) is 2.68. The molecular formula is C13H12N2O4S. The first-order valence-electron chi connectivity index (χ1n) is 5.67. The van der Waals surface area contributed by atoms with E-state index in [1.54, 1.807) is 31.2 Å². The van der Waals surface area contributed by atoms with Gasteiger partial charge in [0.2, 0.25) is 0 Å². The van der Waals surface area contributed by atoms with Gasteiger partial charge in [0.05, 0.1) is 18.4 Å². The van der Waals surface area contributed by atoms with Crippen molar-refractivity contribution in [2.24, 2.45) is 0 Å². The van der Waals surface area contributed by atoms with E-state index in [-0.39, 0.29) is 4.88 Å². The average molecular weight is 292 g/mol. The molecule has 2 aromatic rings. The van der Waals surface area contributed by atoms with Gasteiger partial charge in [-0.1, -0.05) is 17.4 Å². The standard InChI is InChI=1S/C13H12N2O4S/c1-7-10(11(16)17)20-13(14-7)15-9-5-3-4-8(6-9)12(18)19-2/h3-6H,1-2H3,(H,14,15)(H,16,17). The molecule has 1 heterocycles. The molecule has 0 saturated heterocycles. The summed E-state index contributed by atoms with van der Waals surface area (Å²) in [6, 6.07) is 6.70. The molecule has 1 aromatic heterocycles. The third-order valence-corrected chi connectivity index (χ3v) is 3.59. The molecule has 1 aromatic carbocycles. The minimum atomic E-state index is -1.00. The lowest BCUT2D eigenvalue weighted by atomic mass is 10.2. The molecule has 0 radical (unpaired) electrons. The molecule has 6 nitrogen and oxygen atoms in total. The molecule has 2 rings (SSSR count). The molecule has 20 heavy (non-hydrogen) atoms. The zero-order valence-electron chi connectivity index (χ0n) is 10.8. The number of hydrogen-bond donors (Lipinski definition) is 2. The summed E-state index contributed by atoms with van der Waals surface area (Å²) in [5, 5.41) is 12.4. The number of benzene rings is 1. The molecule has 0 aliphatic rings. The third-order valence-electron chi connectivity index (χ3n) is 2.53. The molecular weight excluding hydrogens is 280 g/mol. The van der Waals surface area contributed by atoms with Crippen LogP contribution in [-0.4, -0.2) is 29.1 Å². The normalized spacial score (nSPS) is 10.1. The molecule has 0 unspecified atom stereocenters. The Labute approximate surface area is 119 Å². The van der Waals surface area contributed by atoms with Crippen LogP contribution in [0, 0.1) is 6.92 Å². The van der Waals surface area contributed by atoms with Gasteiger partial charge in [0.25, 0.3) is 0 Å². The van der Waals surface area contributed by atoms with E-state index < -0.39 is 11.9 Å². The van der Waals surface area contributed by atoms with E-state index in [0.717, 1.165) is 11.3 Å². The van der Waals surface area contributed by atoms with Crippen molar-refractivity contribution in [2.75, 3.05) is 12.4 Å². The van der Waals surface area contributed by atoms with Crippen LogP contribution in [0.2, 0.25) is 0 Å². The Hall–Kier alpha value is -2.41. The maximum absolute atomic E-state index is 11.4. The lowest BCUT2D eigenvalue weighted by molar-refractivity contribution is 0.0600. The first-order chi connectivity index (χ1) is 9.51. The lowest BCUT2D eigenvalue weighted by Gasteiger charge is -2.04. The number of carboxylic acid groups (broad SMARTS) is 1. The molecule has 0 bridgehead atoms. The monoisotopic (exact) mass is 292 g/mol. The molecule has 0 fully saturated rings. The molecule has 0 aliphatic heterocycles. The Morgan fingerprint density at radius 1 is 1.40 bits per heavy atom. The van der Waals surface area contributed by atoms with E-state index in [1.165, 1.54) is 7.11 Å². The van der Waals surface area contributed by atoms with Crippen molar-refractivity contribution in [1.82, 2.24) is 4.98 Å². The molecule has 0 atom stereocenters. The van der Waals surface area contributed by atoms with Crippen molar-refractivity contribution in [2.45, 2.75) is 6.92 Å². The number of anilines is 2. The van der Waals surface area contributed by atoms with Gasteiger partial charge in [-0.3, -0.25) is 0 Å². The highest BCUT2D eigenvalue weighted by Crippen LogP contribution is 2.26. The van der Waals surface area contributed by atoms with Gasteiger partial charge in [-0.15, -0.1) is 0 Å². The van der Waals surface area contributed by atoms with Crippen LogP contribution >= 0.6 is 11.3 Å². The van der Waals surface area contributed by atoms with Crippen molar-refractivity contribution >= 4 is 34.1 Å². The molecule has 0 spiro atoms. The number of carbonyl (C=O) groups is 2. The predicted molar refractivity (Wildman–Crippen MR) is 74.9 cm³/mol. The Balaban J connectivity index is 2.24. The summed E-state index contributed by atoms with van der Waals surface area (Å²) in [5.74, 6) is -1.44. The number of rotatable bonds is 4. The van der Waals surface area contributed by atoms with E-state index in [2.05, 4.69) is 15.0 Å². The Morgan fingerprint density at radius 3 is 2.75 bits per heavy atom. The van der Waals surface area contributed by atoms with Gasteiger partial charge in [0.15, 0.2) is 5.13 Å². The lowest BCUT2D eigenvalue weighted by Crippen LogP contribution is -2.01. The number of methoxy groups -OCH3 is 1. The van der Waals surface area contributed by atoms with Gasteiger partial charge in [0, 0.05) is 5.69 Å². The van der Waals surface area contributed by atoms with Crippen LogP contribution in [0.15, 0.2) is 24.3 Å². The van der Waals surface area contributed by atoms with Crippen LogP contribution in [-0.2, 0) is 4.74 Å². The van der Waals surface area contributed by atoms with Crippen molar-refractivity contribution in [3.05, 3.63) is 40.4 Å². The van der Waals surface area contributed by atoms with Gasteiger partial charge in [-0.05, 0) is 25.1 Å². The molecule has 104 valence electrons. The minimum Gasteiger partial charge on any atom is -0.477 e. The summed E-state index contributed by atoms with van der Waals surface area (Å²) in [7, 11) is 1.31. The zero-order chi connectivity index (χ0) is 14.7. The second-order valence-electron chi connectivity index (χ2n) is 3.94. The maximum Gasteiger partial charge on any atom is 0.347 e. The van der Waals surface area contributed by atoms with E-state index in [1.807, 2.05) is 0 Å². The van der Waals surface area contributed by atoms with Crippen molar-refractivity contribution in [1.29, 1.82) is 0 Å². The van der Waals surface area contributed by atoms with Crippen LogP contribution in [0.4, 0.5) is 10.8 Å². The largest absolute Gasteiger partial charge is 0.477 e. The summed E-state index contributed by atoms with van der Waals surface area (Å²) < 4.78 is 4.64. The summed E-state index contributed by atoms with van der Waals surface area (Å²) in [5.41, 5.74) is 1.50. The number of thiazole rings is 1. The number of carboxylic acids is 1. The molecule has 7 heteroatoms. The third kappa shape index (κ3) is 2.94. The number of aromatic nitrogens is 1. The second kappa shape index (κ2) is 5.70. The minimum absolute atomic E-state index is 0.191. The Kier molecular flexibility index (Phi) is 3.99. The van der Waals surface area contributed by atoms with E-state index in [0.29, 0.717) is 22.1 Å². The fourth-order valence-corrected chi connectivity index (χ4v) is 2.44. The number of hydrogen-bond acceptors (Lipinski definition) is 6. The Morgan fingerprint density at radius 2 is 2.15 bits per heavy atom. The maximum atomic E-state index is 11.4. The molecule has 0 saturated carbocycles. The zero-order valence-corrected chi connectivity index (χ0v) is 11.7. The Bertz CT molecular complexity index is 666. The fraction of sp³-hybridized carbons (Fsp3) is 0.154. The summed E-state index contributed by atoms with van der Waals surface area (Å²) >= 11 is 1.04. The summed E-state index contributed by atoms with van der Waals surface area (Å²) in [4.78, 5) is 26.7. The van der Waals surface area contributed by atoms with Crippen LogP contribution < -0.4 is 5.32 Å². The van der Waals surface area contributed by atoms with Gasteiger partial charge < -0.3 is 15.2 Å². The molecule has 2 N–H and O–H groups in total. The number of ether oxygens (including phenoxy) is 1. The first-order valence-corrected chi connectivity index (χ1v) is 6.49. The quantitative estimate of drug-likeness (QED) is 0.842. The topological polar surface area (TPSA) is 88.5 Å². The number of esters is 1. The molecule has 0 amide bonds. The highest BCUT2D eigenvalue weighted by atomic mass is 32.1. The van der Waals surface area contributed by atoms with E-state index in [9.17, 15) is 9.59 Å². The number of aryl methyl sites for hydroxylation is 1. The number of aromatic carboxylic acids is 1. The van der Waals surface area contributed by atoms with Crippen molar-refractivity contribution in [3.8, 4) is 0 Å².